The number of rotatable bonds is 10. The number of halogens is 8. The van der Waals surface area contributed by atoms with Crippen molar-refractivity contribution >= 4 is 0 Å². The van der Waals surface area contributed by atoms with E-state index in [1.165, 1.54) is 12.8 Å². The van der Waals surface area contributed by atoms with E-state index in [1.807, 2.05) is 0 Å². The largest absolute Gasteiger partial charge is 0.423 e. The van der Waals surface area contributed by atoms with Crippen LogP contribution in [0.4, 0.5) is 35.1 Å². The number of hydrogen-bond acceptors (Lipinski definition) is 2. The second kappa shape index (κ2) is 6.96. The van der Waals surface area contributed by atoms with Gasteiger partial charge in [0, 0.05) is 20.0 Å². The van der Waals surface area contributed by atoms with Crippen LogP contribution in [0.3, 0.4) is 0 Å². The Balaban J connectivity index is 1.43. The molecule has 0 aromatic heterocycles. The first-order chi connectivity index (χ1) is 12.7. The molecule has 0 aliphatic heterocycles. The third kappa shape index (κ3) is 4.13. The van der Waals surface area contributed by atoms with Crippen molar-refractivity contribution in [3.05, 3.63) is 0 Å². The van der Waals surface area contributed by atoms with Gasteiger partial charge in [0.15, 0.2) is 0 Å². The zero-order valence-electron chi connectivity index (χ0n) is 15.4. The third-order valence-electron chi connectivity index (χ3n) is 6.43. The lowest BCUT2D eigenvalue weighted by Gasteiger charge is -2.38. The van der Waals surface area contributed by atoms with Crippen molar-refractivity contribution in [2.45, 2.75) is 75.9 Å². The van der Waals surface area contributed by atoms with Gasteiger partial charge in [-0.05, 0) is 61.7 Å². The Bertz CT molecular complexity index is 555. The molecular formula is C18H24F8O2. The lowest BCUT2D eigenvalue weighted by Crippen LogP contribution is -2.52. The Hall–Kier alpha value is -0.640. The first-order valence-corrected chi connectivity index (χ1v) is 9.46. The van der Waals surface area contributed by atoms with Crippen LogP contribution >= 0.6 is 0 Å². The summed E-state index contributed by atoms with van der Waals surface area (Å²) in [6.07, 6.45) is -7.95. The standard InChI is InChI=1S/C18H24F8O2/c1-14(19,20)17(23,24)28-18(25,26)16(21,22)3-2-4-27-10-15-7-11-5-12(8-15)13(6-11)9-15/h11-13H,2-10H2,1H3. The van der Waals surface area contributed by atoms with E-state index < -0.39 is 43.8 Å². The Morgan fingerprint density at radius 1 is 0.857 bits per heavy atom. The molecule has 0 amide bonds. The molecule has 2 atom stereocenters. The molecule has 4 bridgehead atoms. The fourth-order valence-electron chi connectivity index (χ4n) is 5.31. The van der Waals surface area contributed by atoms with Crippen LogP contribution in [0.1, 0.15) is 51.9 Å². The molecule has 0 radical (unpaired) electrons. The number of hydrogen-bond donors (Lipinski definition) is 0. The topological polar surface area (TPSA) is 18.5 Å². The van der Waals surface area contributed by atoms with Crippen molar-refractivity contribution in [1.82, 2.24) is 0 Å². The van der Waals surface area contributed by atoms with Crippen molar-refractivity contribution in [1.29, 1.82) is 0 Å². The van der Waals surface area contributed by atoms with E-state index in [2.05, 4.69) is 4.74 Å². The lowest BCUT2D eigenvalue weighted by atomic mass is 9.70. The van der Waals surface area contributed by atoms with Crippen LogP contribution in [0.2, 0.25) is 0 Å². The highest BCUT2D eigenvalue weighted by atomic mass is 19.3. The third-order valence-corrected chi connectivity index (χ3v) is 6.43. The van der Waals surface area contributed by atoms with Crippen LogP contribution in [-0.2, 0) is 9.47 Å². The minimum absolute atomic E-state index is 0.0425. The lowest BCUT2D eigenvalue weighted by molar-refractivity contribution is -0.465. The Labute approximate surface area is 157 Å². The molecule has 4 rings (SSSR count). The van der Waals surface area contributed by atoms with Crippen molar-refractivity contribution in [3.63, 3.8) is 0 Å². The molecule has 28 heavy (non-hydrogen) atoms. The van der Waals surface area contributed by atoms with Crippen LogP contribution in [0.25, 0.3) is 0 Å². The molecular weight excluding hydrogens is 400 g/mol. The normalized spacial score (nSPS) is 33.1. The van der Waals surface area contributed by atoms with Gasteiger partial charge in [-0.25, -0.2) is 4.74 Å². The molecule has 10 heteroatoms. The van der Waals surface area contributed by atoms with E-state index in [0.717, 1.165) is 19.3 Å². The Kier molecular flexibility index (Phi) is 5.48. The first kappa shape index (κ1) is 22.1. The van der Waals surface area contributed by atoms with E-state index in [1.54, 1.807) is 0 Å². The maximum atomic E-state index is 13.6. The molecule has 0 N–H and O–H groups in total. The quantitative estimate of drug-likeness (QED) is 0.312. The maximum absolute atomic E-state index is 13.6. The van der Waals surface area contributed by atoms with E-state index in [0.29, 0.717) is 24.4 Å². The molecule has 0 heterocycles. The smallest absolute Gasteiger partial charge is 0.381 e. The van der Waals surface area contributed by atoms with Gasteiger partial charge in [-0.15, -0.1) is 0 Å². The van der Waals surface area contributed by atoms with Crippen molar-refractivity contribution in [2.75, 3.05) is 13.2 Å². The van der Waals surface area contributed by atoms with Crippen LogP contribution in [0.15, 0.2) is 0 Å². The average Bonchev–Trinajstić information content (AvgIpc) is 2.91. The summed E-state index contributed by atoms with van der Waals surface area (Å²) in [4.78, 5) is 0. The first-order valence-electron chi connectivity index (χ1n) is 9.46. The summed E-state index contributed by atoms with van der Waals surface area (Å²) >= 11 is 0. The zero-order valence-corrected chi connectivity index (χ0v) is 15.4. The minimum atomic E-state index is -5.74. The maximum Gasteiger partial charge on any atom is 0.423 e. The molecule has 4 saturated carbocycles. The average molecular weight is 424 g/mol. The summed E-state index contributed by atoms with van der Waals surface area (Å²) in [7, 11) is 0. The molecule has 0 aromatic rings. The van der Waals surface area contributed by atoms with Gasteiger partial charge >= 0.3 is 24.1 Å². The van der Waals surface area contributed by atoms with Gasteiger partial charge in [-0.2, -0.15) is 35.1 Å². The van der Waals surface area contributed by atoms with Crippen molar-refractivity contribution < 1.29 is 44.6 Å². The highest BCUT2D eigenvalue weighted by molar-refractivity contribution is 5.05. The van der Waals surface area contributed by atoms with Gasteiger partial charge in [-0.3, -0.25) is 0 Å². The molecule has 4 aliphatic rings. The van der Waals surface area contributed by atoms with Gasteiger partial charge in [0.1, 0.15) is 0 Å². The summed E-state index contributed by atoms with van der Waals surface area (Å²) in [5.74, 6) is -8.00. The SMILES string of the molecule is CC(F)(F)C(F)(F)OC(F)(F)C(F)(F)CCCOCC12CC3CC(C1)C(C3)C2. The minimum Gasteiger partial charge on any atom is -0.381 e. The molecule has 164 valence electrons. The predicted molar refractivity (Wildman–Crippen MR) is 82.6 cm³/mol. The van der Waals surface area contributed by atoms with Crippen LogP contribution < -0.4 is 0 Å². The number of alkyl halides is 8. The fourth-order valence-corrected chi connectivity index (χ4v) is 5.31. The highest BCUT2D eigenvalue weighted by Gasteiger charge is 2.67. The van der Waals surface area contributed by atoms with E-state index in [9.17, 15) is 35.1 Å². The van der Waals surface area contributed by atoms with E-state index in [4.69, 9.17) is 4.74 Å². The zero-order chi connectivity index (χ0) is 21.0. The molecule has 0 saturated heterocycles. The molecule has 2 unspecified atom stereocenters. The Morgan fingerprint density at radius 3 is 1.93 bits per heavy atom. The monoisotopic (exact) mass is 424 g/mol. The molecule has 4 fully saturated rings. The van der Waals surface area contributed by atoms with Gasteiger partial charge in [0.25, 0.3) is 0 Å². The Morgan fingerprint density at radius 2 is 1.43 bits per heavy atom. The predicted octanol–water partition coefficient (Wildman–Crippen LogP) is 6.10. The van der Waals surface area contributed by atoms with Gasteiger partial charge in [0.05, 0.1) is 6.61 Å². The van der Waals surface area contributed by atoms with E-state index in [-0.39, 0.29) is 12.0 Å². The molecule has 0 aromatic carbocycles. The van der Waals surface area contributed by atoms with Crippen LogP contribution in [-0.4, -0.2) is 37.3 Å². The van der Waals surface area contributed by atoms with E-state index >= 15 is 0 Å². The second-order valence-corrected chi connectivity index (χ2v) is 8.85. The second-order valence-electron chi connectivity index (χ2n) is 8.85. The molecule has 0 spiro atoms. The molecule has 2 nitrogen and oxygen atoms in total. The van der Waals surface area contributed by atoms with Gasteiger partial charge in [-0.1, -0.05) is 0 Å². The summed E-state index contributed by atoms with van der Waals surface area (Å²) in [5, 5.41) is 0. The van der Waals surface area contributed by atoms with Crippen molar-refractivity contribution in [3.8, 4) is 0 Å². The summed E-state index contributed by atoms with van der Waals surface area (Å²) < 4.78 is 113. The summed E-state index contributed by atoms with van der Waals surface area (Å²) in [5.41, 5.74) is 0.0425. The highest BCUT2D eigenvalue weighted by Crippen LogP contribution is 2.64. The fraction of sp³-hybridized carbons (Fsp3) is 1.00. The van der Waals surface area contributed by atoms with Gasteiger partial charge < -0.3 is 4.74 Å². The van der Waals surface area contributed by atoms with Crippen LogP contribution in [0.5, 0.6) is 0 Å². The summed E-state index contributed by atoms with van der Waals surface area (Å²) in [6, 6.07) is 0. The molecule has 4 aliphatic carbocycles. The van der Waals surface area contributed by atoms with Crippen molar-refractivity contribution in [2.24, 2.45) is 23.2 Å². The number of ether oxygens (including phenoxy) is 2. The van der Waals surface area contributed by atoms with Crippen LogP contribution in [0, 0.1) is 23.2 Å². The van der Waals surface area contributed by atoms with Gasteiger partial charge in [0.2, 0.25) is 0 Å². The summed E-state index contributed by atoms with van der Waals surface area (Å²) in [6.45, 7) is -0.264.